The molecule has 1 amide bonds. The third kappa shape index (κ3) is 3.61. The van der Waals surface area contributed by atoms with E-state index in [0.29, 0.717) is 6.54 Å². The van der Waals surface area contributed by atoms with Crippen LogP contribution in [0.1, 0.15) is 44.9 Å². The number of benzene rings is 1. The van der Waals surface area contributed by atoms with Crippen LogP contribution in [0, 0.1) is 0 Å². The molecular weight excluding hydrogens is 292 g/mol. The second-order valence-corrected chi connectivity index (χ2v) is 7.39. The Bertz CT molecular complexity index is 594. The molecule has 1 saturated heterocycles. The highest BCUT2D eigenvalue weighted by Gasteiger charge is 2.32. The number of hydrogen-bond acceptors (Lipinski definition) is 4. The third-order valence-electron chi connectivity index (χ3n) is 4.18. The van der Waals surface area contributed by atoms with E-state index in [9.17, 15) is 4.79 Å². The Morgan fingerprint density at radius 3 is 2.91 bits per heavy atom. The molecule has 2 aliphatic rings. The Hall–Kier alpha value is -1.75. The van der Waals surface area contributed by atoms with E-state index in [4.69, 9.17) is 9.47 Å². The number of rotatable bonds is 1. The van der Waals surface area contributed by atoms with Gasteiger partial charge in [0.1, 0.15) is 17.5 Å². The van der Waals surface area contributed by atoms with Crippen LogP contribution in [0.4, 0.5) is 4.79 Å². The lowest BCUT2D eigenvalue weighted by Crippen LogP contribution is -2.50. The minimum atomic E-state index is -0.478. The minimum absolute atomic E-state index is 0.000180. The largest absolute Gasteiger partial charge is 0.490 e. The van der Waals surface area contributed by atoms with E-state index in [1.54, 1.807) is 0 Å². The normalized spacial score (nSPS) is 24.1. The van der Waals surface area contributed by atoms with Crippen molar-refractivity contribution in [3.8, 4) is 5.75 Å². The Morgan fingerprint density at radius 1 is 1.39 bits per heavy atom. The Kier molecular flexibility index (Phi) is 4.23. The van der Waals surface area contributed by atoms with Gasteiger partial charge in [0, 0.05) is 26.1 Å². The molecule has 0 spiro atoms. The molecule has 3 rings (SSSR count). The van der Waals surface area contributed by atoms with Gasteiger partial charge < -0.3 is 14.8 Å². The molecule has 2 unspecified atom stereocenters. The van der Waals surface area contributed by atoms with Crippen molar-refractivity contribution in [2.45, 2.75) is 51.9 Å². The van der Waals surface area contributed by atoms with Gasteiger partial charge in [-0.2, -0.15) is 0 Å². The highest BCUT2D eigenvalue weighted by Crippen LogP contribution is 2.33. The summed E-state index contributed by atoms with van der Waals surface area (Å²) >= 11 is 0. The predicted molar refractivity (Wildman–Crippen MR) is 88.8 cm³/mol. The highest BCUT2D eigenvalue weighted by atomic mass is 16.6. The highest BCUT2D eigenvalue weighted by molar-refractivity contribution is 5.69. The SMILES string of the molecule is CC1Cc2cc(C3CNCCN3C(=O)OC(C)(C)C)ccc2O1. The van der Waals surface area contributed by atoms with E-state index in [1.807, 2.05) is 31.7 Å². The number of nitrogens with one attached hydrogen (secondary N) is 1. The van der Waals surface area contributed by atoms with Crippen molar-refractivity contribution in [2.24, 2.45) is 0 Å². The van der Waals surface area contributed by atoms with E-state index < -0.39 is 5.60 Å². The Labute approximate surface area is 137 Å². The van der Waals surface area contributed by atoms with Crippen LogP contribution in [0.25, 0.3) is 0 Å². The van der Waals surface area contributed by atoms with E-state index in [-0.39, 0.29) is 18.2 Å². The molecule has 5 nitrogen and oxygen atoms in total. The van der Waals surface area contributed by atoms with Crippen LogP contribution in [0.2, 0.25) is 0 Å². The number of carbonyl (C=O) groups excluding carboxylic acids is 1. The van der Waals surface area contributed by atoms with Crippen molar-refractivity contribution in [3.63, 3.8) is 0 Å². The lowest BCUT2D eigenvalue weighted by atomic mass is 9.99. The van der Waals surface area contributed by atoms with E-state index in [1.165, 1.54) is 5.56 Å². The molecular formula is C18H26N2O3. The van der Waals surface area contributed by atoms with Gasteiger partial charge in [0.25, 0.3) is 0 Å². The molecule has 126 valence electrons. The standard InChI is InChI=1S/C18H26N2O3/c1-12-9-14-10-13(5-6-16(14)22-12)15-11-19-7-8-20(15)17(21)23-18(2,3)4/h5-6,10,12,15,19H,7-9,11H2,1-4H3. The number of fused-ring (bicyclic) bond motifs is 1. The van der Waals surface area contributed by atoms with Crippen LogP contribution >= 0.6 is 0 Å². The summed E-state index contributed by atoms with van der Waals surface area (Å²) in [4.78, 5) is 14.4. The van der Waals surface area contributed by atoms with Crippen LogP contribution in [0.3, 0.4) is 0 Å². The first kappa shape index (κ1) is 16.1. The summed E-state index contributed by atoms with van der Waals surface area (Å²) in [6.45, 7) is 9.97. The van der Waals surface area contributed by atoms with Crippen LogP contribution in [-0.2, 0) is 11.2 Å². The van der Waals surface area contributed by atoms with Gasteiger partial charge in [0.05, 0.1) is 6.04 Å². The molecule has 2 atom stereocenters. The fraction of sp³-hybridized carbons (Fsp3) is 0.611. The summed E-state index contributed by atoms with van der Waals surface area (Å²) in [5.41, 5.74) is 1.89. The predicted octanol–water partition coefficient (Wildman–Crippen LogP) is 2.89. The van der Waals surface area contributed by atoms with E-state index >= 15 is 0 Å². The van der Waals surface area contributed by atoms with Gasteiger partial charge in [-0.1, -0.05) is 6.07 Å². The maximum atomic E-state index is 12.5. The molecule has 0 radical (unpaired) electrons. The maximum Gasteiger partial charge on any atom is 0.410 e. The molecule has 0 aromatic heterocycles. The smallest absolute Gasteiger partial charge is 0.410 e. The van der Waals surface area contributed by atoms with E-state index in [0.717, 1.165) is 30.8 Å². The molecule has 0 aliphatic carbocycles. The number of hydrogen-bond donors (Lipinski definition) is 1. The quantitative estimate of drug-likeness (QED) is 0.865. The van der Waals surface area contributed by atoms with Gasteiger partial charge in [0.15, 0.2) is 0 Å². The molecule has 1 fully saturated rings. The summed E-state index contributed by atoms with van der Waals surface area (Å²) in [6.07, 6.45) is 0.913. The molecule has 1 N–H and O–H groups in total. The lowest BCUT2D eigenvalue weighted by molar-refractivity contribution is 0.0118. The number of piperazine rings is 1. The number of carbonyl (C=O) groups is 1. The fourth-order valence-electron chi connectivity index (χ4n) is 3.19. The minimum Gasteiger partial charge on any atom is -0.490 e. The van der Waals surface area contributed by atoms with Crippen molar-refractivity contribution < 1.29 is 14.3 Å². The first-order valence-electron chi connectivity index (χ1n) is 8.33. The first-order valence-corrected chi connectivity index (χ1v) is 8.33. The molecule has 1 aromatic rings. The summed E-state index contributed by atoms with van der Waals surface area (Å²) in [7, 11) is 0. The van der Waals surface area contributed by atoms with Crippen LogP contribution in [0.15, 0.2) is 18.2 Å². The molecule has 2 aliphatic heterocycles. The van der Waals surface area contributed by atoms with Crippen molar-refractivity contribution in [2.75, 3.05) is 19.6 Å². The van der Waals surface area contributed by atoms with Crippen molar-refractivity contribution in [1.82, 2.24) is 10.2 Å². The molecule has 23 heavy (non-hydrogen) atoms. The summed E-state index contributed by atoms with van der Waals surface area (Å²) in [5, 5.41) is 3.38. The van der Waals surface area contributed by atoms with Gasteiger partial charge in [-0.05, 0) is 51.0 Å². The number of nitrogens with zero attached hydrogens (tertiary/aromatic N) is 1. The third-order valence-corrected chi connectivity index (χ3v) is 4.18. The first-order chi connectivity index (χ1) is 10.8. The van der Waals surface area contributed by atoms with Crippen LogP contribution in [0.5, 0.6) is 5.75 Å². The van der Waals surface area contributed by atoms with Crippen molar-refractivity contribution in [3.05, 3.63) is 29.3 Å². The molecule has 0 bridgehead atoms. The lowest BCUT2D eigenvalue weighted by Gasteiger charge is -2.37. The van der Waals surface area contributed by atoms with Gasteiger partial charge in [-0.3, -0.25) is 4.90 Å². The number of amides is 1. The monoisotopic (exact) mass is 318 g/mol. The fourth-order valence-corrected chi connectivity index (χ4v) is 3.19. The van der Waals surface area contributed by atoms with Crippen LogP contribution < -0.4 is 10.1 Å². The van der Waals surface area contributed by atoms with Crippen LogP contribution in [-0.4, -0.2) is 42.3 Å². The van der Waals surface area contributed by atoms with Crippen molar-refractivity contribution >= 4 is 6.09 Å². The van der Waals surface area contributed by atoms with Gasteiger partial charge >= 0.3 is 6.09 Å². The van der Waals surface area contributed by atoms with Crippen molar-refractivity contribution in [1.29, 1.82) is 0 Å². The van der Waals surface area contributed by atoms with Gasteiger partial charge in [-0.15, -0.1) is 0 Å². The molecule has 5 heteroatoms. The zero-order chi connectivity index (χ0) is 16.6. The molecule has 1 aromatic carbocycles. The average molecular weight is 318 g/mol. The zero-order valence-corrected chi connectivity index (χ0v) is 14.4. The Balaban J connectivity index is 1.82. The van der Waals surface area contributed by atoms with E-state index in [2.05, 4.69) is 24.4 Å². The Morgan fingerprint density at radius 2 is 2.17 bits per heavy atom. The summed E-state index contributed by atoms with van der Waals surface area (Å²) in [5.74, 6) is 0.967. The average Bonchev–Trinajstić information content (AvgIpc) is 2.84. The van der Waals surface area contributed by atoms with Gasteiger partial charge in [-0.25, -0.2) is 4.79 Å². The second-order valence-electron chi connectivity index (χ2n) is 7.39. The number of ether oxygens (including phenoxy) is 2. The molecule has 2 heterocycles. The summed E-state index contributed by atoms with van der Waals surface area (Å²) in [6, 6.07) is 6.26. The maximum absolute atomic E-state index is 12.5. The zero-order valence-electron chi connectivity index (χ0n) is 14.4. The summed E-state index contributed by atoms with van der Waals surface area (Å²) < 4.78 is 11.3. The van der Waals surface area contributed by atoms with Gasteiger partial charge in [0.2, 0.25) is 0 Å². The molecule has 0 saturated carbocycles. The topological polar surface area (TPSA) is 50.8 Å². The second kappa shape index (κ2) is 6.04.